The average molecular weight is 1000 g/mol. The smallest absolute Gasteiger partial charge is 0.218 e. The first-order valence-electron chi connectivity index (χ1n) is 14.9. The maximum atomic E-state index is 15.8. The zero-order chi connectivity index (χ0) is 47.8. The first-order valence-corrected chi connectivity index (χ1v) is 21.1. The van der Waals surface area contributed by atoms with Gasteiger partial charge in [0.25, 0.3) is 39.3 Å². The lowest BCUT2D eigenvalue weighted by atomic mass is 9.88. The third kappa shape index (κ3) is 6.75. The molecule has 0 heterocycles. The van der Waals surface area contributed by atoms with Gasteiger partial charge in [-0.25, -0.2) is 68.8 Å². The molecule has 0 radical (unpaired) electrons. The minimum atomic E-state index is -8.06. The van der Waals surface area contributed by atoms with Crippen molar-refractivity contribution in [3.63, 3.8) is 0 Å². The predicted octanol–water partition coefficient (Wildman–Crippen LogP) is 8.76. The number of sulfone groups is 4. The van der Waals surface area contributed by atoms with Gasteiger partial charge in [0.2, 0.25) is 9.16 Å². The van der Waals surface area contributed by atoms with E-state index in [1.165, 1.54) is 0 Å². The van der Waals surface area contributed by atoms with Crippen LogP contribution in [-0.2, 0) is 39.3 Å². The Morgan fingerprint density at radius 2 is 0.548 bits per heavy atom. The van der Waals surface area contributed by atoms with Crippen molar-refractivity contribution in [2.45, 2.75) is 31.2 Å². The zero-order valence-corrected chi connectivity index (χ0v) is 31.3. The second-order valence-electron chi connectivity index (χ2n) is 12.2. The molecule has 0 fully saturated rings. The third-order valence-corrected chi connectivity index (χ3v) is 17.5. The van der Waals surface area contributed by atoms with Crippen LogP contribution in [0.4, 0.5) is 87.8 Å². The summed E-state index contributed by atoms with van der Waals surface area (Å²) in [6, 6.07) is 3.70. The van der Waals surface area contributed by atoms with Gasteiger partial charge < -0.3 is 0 Å². The molecule has 5 rings (SSSR count). The minimum absolute atomic E-state index is 0.334. The summed E-state index contributed by atoms with van der Waals surface area (Å²) in [6.07, 6.45) is 0. The summed E-state index contributed by atoms with van der Waals surface area (Å²) in [5.74, 6) is -26.9. The van der Waals surface area contributed by atoms with Crippen molar-refractivity contribution < 1.29 is 121 Å². The summed E-state index contributed by atoms with van der Waals surface area (Å²) in [6.45, 7) is 0. The van der Waals surface area contributed by atoms with E-state index >= 15 is 35.1 Å². The molecular weight excluding hydrogens is 997 g/mol. The van der Waals surface area contributed by atoms with Crippen LogP contribution in [0.3, 0.4) is 0 Å². The highest BCUT2D eigenvalue weighted by Crippen LogP contribution is 2.50. The second kappa shape index (κ2) is 14.4. The normalized spacial score (nSPS) is 14.3. The quantitative estimate of drug-likeness (QED) is 0.111. The standard InChI is InChI=1S/C30H8F20O8S4/c31-17-13(18(32)22(36)15(21(17)35)25(59(51,52)27(39,40)41)60(53,54)28(42,43)44)9-5-1-3-7-8-4-2-6-10(12(8)11(7)9)14-19(33)23(37)16(24(38)20(14)34)26(61(55,56)29(45,46)47)62(57,58)30(48,49)50/h1-6,25-26H. The average Bonchev–Trinajstić information content (AvgIpc) is 3.10. The molecule has 0 saturated carbocycles. The van der Waals surface area contributed by atoms with E-state index in [4.69, 9.17) is 0 Å². The van der Waals surface area contributed by atoms with Crippen LogP contribution in [0.1, 0.15) is 20.3 Å². The number of fused-ring (bicyclic) bond motifs is 2. The van der Waals surface area contributed by atoms with Gasteiger partial charge in [0.05, 0.1) is 22.3 Å². The van der Waals surface area contributed by atoms with Gasteiger partial charge >= 0.3 is 22.0 Å². The van der Waals surface area contributed by atoms with Crippen LogP contribution in [0.15, 0.2) is 36.4 Å². The van der Waals surface area contributed by atoms with Crippen LogP contribution in [0, 0.1) is 67.4 Å². The molecule has 8 nitrogen and oxygen atoms in total. The molecule has 4 aromatic carbocycles. The summed E-state index contributed by atoms with van der Waals surface area (Å²) in [7, 11) is -32.2. The molecule has 4 aromatic rings. The summed E-state index contributed by atoms with van der Waals surface area (Å²) in [5, 5.41) is -3.14. The lowest BCUT2D eigenvalue weighted by molar-refractivity contribution is -0.0484. The van der Waals surface area contributed by atoms with Crippen LogP contribution >= 0.6 is 0 Å². The number of rotatable bonds is 8. The lowest BCUT2D eigenvalue weighted by Crippen LogP contribution is -2.40. The molecule has 0 unspecified atom stereocenters. The van der Waals surface area contributed by atoms with Crippen LogP contribution in [0.5, 0.6) is 0 Å². The molecular formula is C30H8F20O8S4. The highest BCUT2D eigenvalue weighted by Gasteiger charge is 2.67. The largest absolute Gasteiger partial charge is 0.499 e. The first-order chi connectivity index (χ1) is 27.7. The van der Waals surface area contributed by atoms with Gasteiger partial charge in [0, 0.05) is 0 Å². The van der Waals surface area contributed by atoms with E-state index in [9.17, 15) is 86.4 Å². The van der Waals surface area contributed by atoms with E-state index in [0.29, 0.717) is 24.3 Å². The molecule has 32 heteroatoms. The molecule has 0 N–H and O–H groups in total. The number of halogens is 20. The Kier molecular flexibility index (Phi) is 11.2. The summed E-state index contributed by atoms with van der Waals surface area (Å²) >= 11 is 0. The molecule has 0 amide bonds. The van der Waals surface area contributed by atoms with E-state index in [0.717, 1.165) is 12.1 Å². The molecule has 0 atom stereocenters. The first kappa shape index (κ1) is 48.3. The van der Waals surface area contributed by atoms with Gasteiger partial charge in [-0.05, 0) is 32.0 Å². The summed E-state index contributed by atoms with van der Waals surface area (Å²) < 4.78 is 371. The molecule has 340 valence electrons. The van der Waals surface area contributed by atoms with Gasteiger partial charge in [0.15, 0.2) is 46.5 Å². The third-order valence-electron chi connectivity index (χ3n) is 8.69. The van der Waals surface area contributed by atoms with Crippen molar-refractivity contribution in [1.29, 1.82) is 0 Å². The monoisotopic (exact) mass is 1000 g/mol. The Bertz CT molecular complexity index is 2930. The molecule has 62 heavy (non-hydrogen) atoms. The van der Waals surface area contributed by atoms with Crippen molar-refractivity contribution >= 4 is 39.3 Å². The predicted molar refractivity (Wildman–Crippen MR) is 164 cm³/mol. The van der Waals surface area contributed by atoms with E-state index in [1.807, 2.05) is 0 Å². The van der Waals surface area contributed by atoms with Gasteiger partial charge in [-0.1, -0.05) is 36.4 Å². The van der Waals surface area contributed by atoms with Crippen molar-refractivity contribution in [3.8, 4) is 22.3 Å². The minimum Gasteiger partial charge on any atom is -0.218 e. The van der Waals surface area contributed by atoms with Gasteiger partial charge in [-0.2, -0.15) is 52.7 Å². The second-order valence-corrected chi connectivity index (χ2v) is 20.9. The van der Waals surface area contributed by atoms with Crippen LogP contribution in [-0.4, -0.2) is 55.7 Å². The maximum absolute atomic E-state index is 15.8. The Balaban J connectivity index is 1.93. The van der Waals surface area contributed by atoms with Gasteiger partial charge in [-0.15, -0.1) is 0 Å². The Labute approximate surface area is 328 Å². The fourth-order valence-corrected chi connectivity index (χ4v) is 13.1. The SMILES string of the molecule is O=S(=O)(C(c1c(F)c(F)c(-c2cccc3c2=c2c(-c4c(F)c(F)c(C(S(=O)(=O)C(F)(F)F)S(=O)(=O)C(F)(F)F)c(F)c4F)cccc2=3)c(F)c1F)S(=O)(=O)C(F)(F)F)C(F)(F)F. The number of hydrogen-bond donors (Lipinski definition) is 0. The number of alkyl halides is 12. The summed E-state index contributed by atoms with van der Waals surface area (Å²) in [5.41, 5.74) is -43.1. The van der Waals surface area contributed by atoms with E-state index in [2.05, 4.69) is 0 Å². The van der Waals surface area contributed by atoms with Crippen LogP contribution in [0.25, 0.3) is 22.3 Å². The molecule has 0 aliphatic heterocycles. The Morgan fingerprint density at radius 3 is 0.742 bits per heavy atom. The van der Waals surface area contributed by atoms with Crippen LogP contribution < -0.4 is 0 Å². The van der Waals surface area contributed by atoms with E-state index in [-0.39, 0.29) is 0 Å². The molecule has 0 spiro atoms. The van der Waals surface area contributed by atoms with E-state index < -0.39 is 171 Å². The Morgan fingerprint density at radius 1 is 0.339 bits per heavy atom. The lowest BCUT2D eigenvalue weighted by Gasteiger charge is -2.24. The maximum Gasteiger partial charge on any atom is 0.499 e. The number of benzene rings is 4. The highest BCUT2D eigenvalue weighted by molar-refractivity contribution is 8.09. The fourth-order valence-electron chi connectivity index (χ4n) is 6.07. The molecule has 1 aliphatic carbocycles. The van der Waals surface area contributed by atoms with E-state index in [1.54, 1.807) is 0 Å². The highest BCUT2D eigenvalue weighted by atomic mass is 32.3. The fraction of sp³-hybridized carbons (Fsp3) is 0.200. The summed E-state index contributed by atoms with van der Waals surface area (Å²) in [4.78, 5) is 0. The molecule has 0 aromatic heterocycles. The van der Waals surface area contributed by atoms with Crippen molar-refractivity contribution in [2.75, 3.05) is 0 Å². The van der Waals surface area contributed by atoms with Crippen LogP contribution in [0.2, 0.25) is 0 Å². The topological polar surface area (TPSA) is 137 Å². The van der Waals surface area contributed by atoms with Crippen molar-refractivity contribution in [2.24, 2.45) is 0 Å². The van der Waals surface area contributed by atoms with Gasteiger partial charge in [-0.3, -0.25) is 0 Å². The number of hydrogen-bond acceptors (Lipinski definition) is 8. The van der Waals surface area contributed by atoms with Crippen molar-refractivity contribution in [1.82, 2.24) is 0 Å². The van der Waals surface area contributed by atoms with Gasteiger partial charge in [0.1, 0.15) is 0 Å². The molecule has 0 bridgehead atoms. The Hall–Kier alpha value is -4.72. The zero-order valence-electron chi connectivity index (χ0n) is 28.1. The molecule has 0 saturated heterocycles. The van der Waals surface area contributed by atoms with Crippen molar-refractivity contribution in [3.05, 3.63) is 115 Å². The molecule has 1 aliphatic rings.